The summed E-state index contributed by atoms with van der Waals surface area (Å²) in [6, 6.07) is 1.61. The lowest BCUT2D eigenvalue weighted by Crippen LogP contribution is -2.26. The van der Waals surface area contributed by atoms with Crippen LogP contribution in [0.15, 0.2) is 12.3 Å². The van der Waals surface area contributed by atoms with E-state index in [1.54, 1.807) is 23.9 Å². The van der Waals surface area contributed by atoms with Crippen LogP contribution in [0.2, 0.25) is 0 Å². The molecule has 1 aromatic heterocycles. The van der Waals surface area contributed by atoms with Crippen molar-refractivity contribution in [1.29, 1.82) is 0 Å². The first kappa shape index (κ1) is 13.4. The van der Waals surface area contributed by atoms with E-state index in [0.29, 0.717) is 24.3 Å². The number of carbonyl (C=O) groups excluding carboxylic acids is 2. The Morgan fingerprint density at radius 1 is 1.41 bits per heavy atom. The predicted octanol–water partition coefficient (Wildman–Crippen LogP) is 0.696. The lowest BCUT2D eigenvalue weighted by atomic mass is 10.2. The highest BCUT2D eigenvalue weighted by Crippen LogP contribution is 2.07. The van der Waals surface area contributed by atoms with Gasteiger partial charge in [-0.15, -0.1) is 0 Å². The largest absolute Gasteiger partial charge is 0.351 e. The van der Waals surface area contributed by atoms with E-state index >= 15 is 0 Å². The Morgan fingerprint density at radius 2 is 2.12 bits per heavy atom. The van der Waals surface area contributed by atoms with Crippen LogP contribution in [0.5, 0.6) is 0 Å². The van der Waals surface area contributed by atoms with Gasteiger partial charge in [0.15, 0.2) is 5.78 Å². The number of aryl methyl sites for hydroxylation is 1. The molecule has 1 rings (SSSR count). The number of hydrogen-bond donors (Lipinski definition) is 2. The second-order valence-electron chi connectivity index (χ2n) is 4.03. The Labute approximate surface area is 101 Å². The Hall–Kier alpha value is -1.62. The predicted molar refractivity (Wildman–Crippen MR) is 66.0 cm³/mol. The standard InChI is InChI=1S/C12H19N3O2/c1-9(16)10-7-11(15(2)8-10)12(17)14-6-4-3-5-13/h7-8H,3-6,13H2,1-2H3,(H,14,17). The van der Waals surface area contributed by atoms with Gasteiger partial charge < -0.3 is 15.6 Å². The molecule has 0 saturated heterocycles. The number of nitrogens with zero attached hydrogens (tertiary/aromatic N) is 1. The summed E-state index contributed by atoms with van der Waals surface area (Å²) in [5, 5.41) is 2.80. The maximum Gasteiger partial charge on any atom is 0.267 e. The molecule has 5 heteroatoms. The van der Waals surface area contributed by atoms with Gasteiger partial charge in [0.25, 0.3) is 5.91 Å². The van der Waals surface area contributed by atoms with Crippen LogP contribution < -0.4 is 11.1 Å². The highest BCUT2D eigenvalue weighted by Gasteiger charge is 2.12. The average Bonchev–Trinajstić information content (AvgIpc) is 2.67. The maximum atomic E-state index is 11.8. The Morgan fingerprint density at radius 3 is 2.65 bits per heavy atom. The molecule has 3 N–H and O–H groups in total. The van der Waals surface area contributed by atoms with Gasteiger partial charge in [-0.05, 0) is 32.4 Å². The molecule has 0 radical (unpaired) electrons. The van der Waals surface area contributed by atoms with Crippen LogP contribution in [0, 0.1) is 0 Å². The van der Waals surface area contributed by atoms with Crippen molar-refractivity contribution in [3.63, 3.8) is 0 Å². The summed E-state index contributed by atoms with van der Waals surface area (Å²) in [4.78, 5) is 23.0. The molecule has 0 saturated carbocycles. The van der Waals surface area contributed by atoms with Crippen molar-refractivity contribution in [2.75, 3.05) is 13.1 Å². The van der Waals surface area contributed by atoms with Crippen LogP contribution in [0.1, 0.15) is 40.6 Å². The first-order valence-electron chi connectivity index (χ1n) is 5.72. The van der Waals surface area contributed by atoms with Gasteiger partial charge in [-0.3, -0.25) is 9.59 Å². The van der Waals surface area contributed by atoms with Gasteiger partial charge in [-0.25, -0.2) is 0 Å². The molecule has 1 aromatic rings. The molecule has 1 heterocycles. The molecule has 0 aromatic carbocycles. The summed E-state index contributed by atoms with van der Waals surface area (Å²) in [5.41, 5.74) is 6.42. The lowest BCUT2D eigenvalue weighted by Gasteiger charge is -2.05. The van der Waals surface area contributed by atoms with E-state index in [1.807, 2.05) is 0 Å². The normalized spacial score (nSPS) is 10.3. The molecule has 0 aliphatic rings. The topological polar surface area (TPSA) is 77.1 Å². The fourth-order valence-corrected chi connectivity index (χ4v) is 1.54. The zero-order chi connectivity index (χ0) is 12.8. The van der Waals surface area contributed by atoms with Crippen molar-refractivity contribution in [3.8, 4) is 0 Å². The van der Waals surface area contributed by atoms with Crippen LogP contribution in [0.3, 0.4) is 0 Å². The fraction of sp³-hybridized carbons (Fsp3) is 0.500. The van der Waals surface area contributed by atoms with Crippen LogP contribution >= 0.6 is 0 Å². The Balaban J connectivity index is 2.59. The number of carbonyl (C=O) groups is 2. The van der Waals surface area contributed by atoms with E-state index in [1.165, 1.54) is 6.92 Å². The number of nitrogens with one attached hydrogen (secondary N) is 1. The highest BCUT2D eigenvalue weighted by molar-refractivity contribution is 5.99. The van der Waals surface area contributed by atoms with E-state index in [4.69, 9.17) is 5.73 Å². The average molecular weight is 237 g/mol. The third-order valence-electron chi connectivity index (χ3n) is 2.56. The van der Waals surface area contributed by atoms with E-state index in [-0.39, 0.29) is 11.7 Å². The molecule has 0 spiro atoms. The van der Waals surface area contributed by atoms with Crippen LogP contribution in [-0.2, 0) is 7.05 Å². The Bertz CT molecular complexity index is 410. The van der Waals surface area contributed by atoms with E-state index < -0.39 is 0 Å². The summed E-state index contributed by atoms with van der Waals surface area (Å²) in [5.74, 6) is -0.195. The van der Waals surface area contributed by atoms with Gasteiger partial charge in [0, 0.05) is 25.4 Å². The first-order valence-corrected chi connectivity index (χ1v) is 5.72. The van der Waals surface area contributed by atoms with Crippen molar-refractivity contribution in [1.82, 2.24) is 9.88 Å². The third-order valence-corrected chi connectivity index (χ3v) is 2.56. The SMILES string of the molecule is CC(=O)c1cc(C(=O)NCCCCN)n(C)c1. The van der Waals surface area contributed by atoms with Crippen molar-refractivity contribution in [2.24, 2.45) is 12.8 Å². The molecule has 0 unspecified atom stereocenters. The summed E-state index contributed by atoms with van der Waals surface area (Å²) >= 11 is 0. The number of ketones is 1. The zero-order valence-electron chi connectivity index (χ0n) is 10.3. The highest BCUT2D eigenvalue weighted by atomic mass is 16.2. The van der Waals surface area contributed by atoms with Crippen LogP contribution in [-0.4, -0.2) is 29.3 Å². The van der Waals surface area contributed by atoms with Gasteiger partial charge in [0.2, 0.25) is 0 Å². The second kappa shape index (κ2) is 6.20. The monoisotopic (exact) mass is 237 g/mol. The maximum absolute atomic E-state index is 11.8. The Kier molecular flexibility index (Phi) is 4.90. The van der Waals surface area contributed by atoms with Gasteiger partial charge in [-0.2, -0.15) is 0 Å². The number of aromatic nitrogens is 1. The number of Topliss-reactive ketones (excluding diaryl/α,β-unsaturated/α-hetero) is 1. The van der Waals surface area contributed by atoms with Crippen molar-refractivity contribution in [2.45, 2.75) is 19.8 Å². The number of nitrogens with two attached hydrogens (primary N) is 1. The third kappa shape index (κ3) is 3.71. The molecule has 0 aliphatic heterocycles. The number of rotatable bonds is 6. The lowest BCUT2D eigenvalue weighted by molar-refractivity contribution is 0.0944. The molecule has 0 aliphatic carbocycles. The van der Waals surface area contributed by atoms with Gasteiger partial charge in [0.1, 0.15) is 5.69 Å². The number of hydrogen-bond acceptors (Lipinski definition) is 3. The molecular formula is C12H19N3O2. The smallest absolute Gasteiger partial charge is 0.267 e. The van der Waals surface area contributed by atoms with Gasteiger partial charge in [-0.1, -0.05) is 0 Å². The first-order chi connectivity index (χ1) is 8.06. The second-order valence-corrected chi connectivity index (χ2v) is 4.03. The van der Waals surface area contributed by atoms with E-state index in [9.17, 15) is 9.59 Å². The van der Waals surface area contributed by atoms with Crippen molar-refractivity contribution in [3.05, 3.63) is 23.5 Å². The van der Waals surface area contributed by atoms with E-state index in [0.717, 1.165) is 12.8 Å². The fourth-order valence-electron chi connectivity index (χ4n) is 1.54. The number of unbranched alkanes of at least 4 members (excludes halogenated alkanes) is 1. The van der Waals surface area contributed by atoms with Crippen LogP contribution in [0.4, 0.5) is 0 Å². The molecule has 1 amide bonds. The minimum atomic E-state index is -0.156. The van der Waals surface area contributed by atoms with Crippen molar-refractivity contribution >= 4 is 11.7 Å². The minimum Gasteiger partial charge on any atom is -0.351 e. The van der Waals surface area contributed by atoms with Crippen LogP contribution in [0.25, 0.3) is 0 Å². The molecule has 94 valence electrons. The van der Waals surface area contributed by atoms with Gasteiger partial charge >= 0.3 is 0 Å². The van der Waals surface area contributed by atoms with E-state index in [2.05, 4.69) is 5.32 Å². The quantitative estimate of drug-likeness (QED) is 0.564. The molecule has 17 heavy (non-hydrogen) atoms. The summed E-state index contributed by atoms with van der Waals surface area (Å²) in [6.07, 6.45) is 3.43. The summed E-state index contributed by atoms with van der Waals surface area (Å²) < 4.78 is 1.66. The van der Waals surface area contributed by atoms with Crippen molar-refractivity contribution < 1.29 is 9.59 Å². The van der Waals surface area contributed by atoms with Gasteiger partial charge in [0.05, 0.1) is 0 Å². The molecule has 0 fully saturated rings. The number of amides is 1. The molecule has 5 nitrogen and oxygen atoms in total. The minimum absolute atomic E-state index is 0.0391. The summed E-state index contributed by atoms with van der Waals surface area (Å²) in [7, 11) is 1.75. The zero-order valence-corrected chi connectivity index (χ0v) is 10.3. The molecule has 0 atom stereocenters. The summed E-state index contributed by atoms with van der Waals surface area (Å²) in [6.45, 7) is 2.73. The molecule has 0 bridgehead atoms. The molecular weight excluding hydrogens is 218 g/mol.